The molecule has 0 aliphatic carbocycles. The van der Waals surface area contributed by atoms with Gasteiger partial charge in [-0.2, -0.15) is 0 Å². The maximum atomic E-state index is 12.0. The monoisotopic (exact) mass is 361 g/mol. The van der Waals surface area contributed by atoms with Gasteiger partial charge in [0.15, 0.2) is 0 Å². The molecule has 1 aromatic carbocycles. The number of nitrogens with one attached hydrogen (secondary N) is 3. The second-order valence-electron chi connectivity index (χ2n) is 5.00. The first-order valence-corrected chi connectivity index (χ1v) is 7.70. The molecule has 6 nitrogen and oxygen atoms in total. The lowest BCUT2D eigenvalue weighted by Crippen LogP contribution is -2.45. The summed E-state index contributed by atoms with van der Waals surface area (Å²) in [5.41, 5.74) is 0.930. The predicted molar refractivity (Wildman–Crippen MR) is 92.6 cm³/mol. The molecule has 23 heavy (non-hydrogen) atoms. The Kier molecular flexibility index (Phi) is 8.33. The van der Waals surface area contributed by atoms with Gasteiger partial charge in [-0.05, 0) is 24.6 Å². The van der Waals surface area contributed by atoms with Crippen molar-refractivity contribution in [3.63, 3.8) is 0 Å². The third-order valence-electron chi connectivity index (χ3n) is 3.24. The van der Waals surface area contributed by atoms with Crippen molar-refractivity contribution in [1.82, 2.24) is 10.6 Å². The van der Waals surface area contributed by atoms with Gasteiger partial charge in [0, 0.05) is 25.3 Å². The van der Waals surface area contributed by atoms with E-state index in [4.69, 9.17) is 16.3 Å². The van der Waals surface area contributed by atoms with Crippen LogP contribution in [0.1, 0.15) is 23.7 Å². The summed E-state index contributed by atoms with van der Waals surface area (Å²) in [6.07, 6.45) is 0.340. The lowest BCUT2D eigenvalue weighted by Gasteiger charge is -2.22. The minimum atomic E-state index is -0.514. The van der Waals surface area contributed by atoms with Crippen LogP contribution in [0, 0.1) is 0 Å². The van der Waals surface area contributed by atoms with Crippen LogP contribution in [0.2, 0.25) is 5.02 Å². The van der Waals surface area contributed by atoms with E-state index in [2.05, 4.69) is 16.0 Å². The molecule has 0 saturated carbocycles. The lowest BCUT2D eigenvalue weighted by atomic mass is 10.2. The number of amides is 2. The van der Waals surface area contributed by atoms with Crippen molar-refractivity contribution in [3.05, 3.63) is 28.8 Å². The van der Waals surface area contributed by atoms with Crippen molar-refractivity contribution in [1.29, 1.82) is 0 Å². The van der Waals surface area contributed by atoms with Gasteiger partial charge in [0.2, 0.25) is 0 Å². The van der Waals surface area contributed by atoms with E-state index >= 15 is 0 Å². The molecular formula is C15H21Cl2N3O3. The Morgan fingerprint density at radius 2 is 2.22 bits per heavy atom. The van der Waals surface area contributed by atoms with Gasteiger partial charge in [-0.25, -0.2) is 0 Å². The van der Waals surface area contributed by atoms with E-state index in [1.165, 1.54) is 0 Å². The van der Waals surface area contributed by atoms with Crippen LogP contribution in [0.3, 0.4) is 0 Å². The van der Waals surface area contributed by atoms with Gasteiger partial charge in [0.05, 0.1) is 17.2 Å². The highest BCUT2D eigenvalue weighted by Gasteiger charge is 2.22. The zero-order valence-electron chi connectivity index (χ0n) is 12.9. The maximum absolute atomic E-state index is 12.0. The second kappa shape index (κ2) is 9.72. The largest absolute Gasteiger partial charge is 0.366 e. The van der Waals surface area contributed by atoms with Crippen molar-refractivity contribution in [3.8, 4) is 0 Å². The van der Waals surface area contributed by atoms with Crippen molar-refractivity contribution >= 4 is 41.5 Å². The fraction of sp³-hybridized carbons (Fsp3) is 0.467. The number of anilines is 1. The summed E-state index contributed by atoms with van der Waals surface area (Å²) in [7, 11) is 0. The average Bonchev–Trinajstić information content (AvgIpc) is 2.53. The van der Waals surface area contributed by atoms with Crippen LogP contribution in [-0.2, 0) is 9.53 Å². The minimum absolute atomic E-state index is 0. The Bertz CT molecular complexity index is 549. The predicted octanol–water partition coefficient (Wildman–Crippen LogP) is 1.83. The zero-order valence-corrected chi connectivity index (χ0v) is 14.4. The second-order valence-corrected chi connectivity index (χ2v) is 5.41. The van der Waals surface area contributed by atoms with Crippen LogP contribution in [-0.4, -0.2) is 44.2 Å². The Balaban J connectivity index is 0.00000264. The Morgan fingerprint density at radius 3 is 2.83 bits per heavy atom. The number of halogens is 2. The average molecular weight is 362 g/mol. The van der Waals surface area contributed by atoms with Crippen molar-refractivity contribution in [2.75, 3.05) is 31.6 Å². The van der Waals surface area contributed by atoms with Gasteiger partial charge in [-0.1, -0.05) is 18.5 Å². The molecule has 1 aromatic rings. The van der Waals surface area contributed by atoms with E-state index in [0.717, 1.165) is 13.0 Å². The van der Waals surface area contributed by atoms with Crippen LogP contribution >= 0.6 is 24.0 Å². The number of carbonyl (C=O) groups excluding carboxylic acids is 2. The van der Waals surface area contributed by atoms with E-state index in [0.29, 0.717) is 36.0 Å². The van der Waals surface area contributed by atoms with Gasteiger partial charge >= 0.3 is 0 Å². The van der Waals surface area contributed by atoms with Gasteiger partial charge in [0.25, 0.3) is 11.8 Å². The highest BCUT2D eigenvalue weighted by Crippen LogP contribution is 2.21. The molecule has 1 heterocycles. The molecule has 2 rings (SSSR count). The Morgan fingerprint density at radius 1 is 1.43 bits per heavy atom. The molecule has 1 saturated heterocycles. The molecule has 1 aliphatic heterocycles. The smallest absolute Gasteiger partial charge is 0.254 e. The van der Waals surface area contributed by atoms with Gasteiger partial charge in [-0.15, -0.1) is 12.4 Å². The Hall–Kier alpha value is -1.34. The van der Waals surface area contributed by atoms with E-state index in [1.54, 1.807) is 18.2 Å². The van der Waals surface area contributed by atoms with Crippen LogP contribution in [0.25, 0.3) is 0 Å². The quantitative estimate of drug-likeness (QED) is 0.747. The van der Waals surface area contributed by atoms with Crippen LogP contribution < -0.4 is 16.0 Å². The van der Waals surface area contributed by atoms with Crippen molar-refractivity contribution in [2.45, 2.75) is 19.4 Å². The van der Waals surface area contributed by atoms with E-state index in [9.17, 15) is 9.59 Å². The fourth-order valence-electron chi connectivity index (χ4n) is 2.07. The van der Waals surface area contributed by atoms with Crippen LogP contribution in [0.4, 0.5) is 5.69 Å². The molecule has 1 fully saturated rings. The summed E-state index contributed by atoms with van der Waals surface area (Å²) in [6.45, 7) is 4.31. The third kappa shape index (κ3) is 5.66. The van der Waals surface area contributed by atoms with E-state index in [1.807, 2.05) is 6.92 Å². The topological polar surface area (TPSA) is 79.5 Å². The number of hydrogen-bond donors (Lipinski definition) is 3. The van der Waals surface area contributed by atoms with Crippen LogP contribution in [0.15, 0.2) is 18.2 Å². The summed E-state index contributed by atoms with van der Waals surface area (Å²) in [5.74, 6) is -0.448. The highest BCUT2D eigenvalue weighted by molar-refractivity contribution is 6.34. The SMILES string of the molecule is CCCNC(=O)c1ccc(NC(=O)C2CNCCO2)cc1Cl.Cl. The van der Waals surface area contributed by atoms with Gasteiger partial charge < -0.3 is 20.7 Å². The van der Waals surface area contributed by atoms with Crippen molar-refractivity contribution < 1.29 is 14.3 Å². The third-order valence-corrected chi connectivity index (χ3v) is 3.55. The lowest BCUT2D eigenvalue weighted by molar-refractivity contribution is -0.128. The van der Waals surface area contributed by atoms with E-state index < -0.39 is 6.10 Å². The van der Waals surface area contributed by atoms with Crippen LogP contribution in [0.5, 0.6) is 0 Å². The van der Waals surface area contributed by atoms with Gasteiger partial charge in [-0.3, -0.25) is 9.59 Å². The summed E-state index contributed by atoms with van der Waals surface area (Å²) < 4.78 is 5.38. The zero-order chi connectivity index (χ0) is 15.9. The summed E-state index contributed by atoms with van der Waals surface area (Å²) in [5, 5.41) is 8.90. The van der Waals surface area contributed by atoms with Gasteiger partial charge in [0.1, 0.15) is 6.10 Å². The normalized spacial score (nSPS) is 17.0. The molecule has 0 aromatic heterocycles. The summed E-state index contributed by atoms with van der Waals surface area (Å²) in [4.78, 5) is 23.9. The first-order valence-electron chi connectivity index (χ1n) is 7.32. The first-order chi connectivity index (χ1) is 10.6. The van der Waals surface area contributed by atoms with E-state index in [-0.39, 0.29) is 24.2 Å². The standard InChI is InChI=1S/C15H20ClN3O3.ClH/c1-2-5-18-14(20)11-4-3-10(8-12(11)16)19-15(21)13-9-17-6-7-22-13;/h3-4,8,13,17H,2,5-7,9H2,1H3,(H,18,20)(H,19,21);1H. The first kappa shape index (κ1) is 19.7. The Labute approximate surface area is 146 Å². The molecule has 0 spiro atoms. The number of carbonyl (C=O) groups is 2. The molecule has 1 atom stereocenters. The molecule has 8 heteroatoms. The molecule has 0 radical (unpaired) electrons. The summed E-state index contributed by atoms with van der Waals surface area (Å²) >= 11 is 6.12. The maximum Gasteiger partial charge on any atom is 0.254 e. The van der Waals surface area contributed by atoms with Crippen molar-refractivity contribution in [2.24, 2.45) is 0 Å². The fourth-order valence-corrected chi connectivity index (χ4v) is 2.33. The summed E-state index contributed by atoms with van der Waals surface area (Å²) in [6, 6.07) is 4.82. The number of benzene rings is 1. The molecule has 2 amide bonds. The molecule has 0 bridgehead atoms. The highest BCUT2D eigenvalue weighted by atomic mass is 35.5. The number of ether oxygens (including phenoxy) is 1. The molecule has 128 valence electrons. The minimum Gasteiger partial charge on any atom is -0.366 e. The molecule has 1 aliphatic rings. The number of rotatable bonds is 5. The molecule has 3 N–H and O–H groups in total. The molecule has 1 unspecified atom stereocenters. The number of hydrogen-bond acceptors (Lipinski definition) is 4. The molecular weight excluding hydrogens is 341 g/mol. The number of morpholine rings is 1.